The average molecular weight is 279 g/mol. The van der Waals surface area contributed by atoms with Crippen LogP contribution < -0.4 is 19.7 Å². The van der Waals surface area contributed by atoms with Gasteiger partial charge in [-0.15, -0.1) is 0 Å². The van der Waals surface area contributed by atoms with E-state index in [0.29, 0.717) is 30.4 Å². The standard InChI is InChI=1S/C13H17N3O4/c1-15(9-2-3-14-8-9)10-6-12-13(20-5-4-19-12)7-11(10)16(17)18/h6-7,9,14H,2-5,8H2,1H3. The van der Waals surface area contributed by atoms with Crippen molar-refractivity contribution in [3.05, 3.63) is 22.2 Å². The van der Waals surface area contributed by atoms with E-state index in [9.17, 15) is 10.1 Å². The second kappa shape index (κ2) is 5.16. The summed E-state index contributed by atoms with van der Waals surface area (Å²) in [6.07, 6.45) is 0.974. The number of likely N-dealkylation sites (N-methyl/N-ethyl adjacent to an activating group) is 1. The molecule has 7 nitrogen and oxygen atoms in total. The fourth-order valence-corrected chi connectivity index (χ4v) is 2.66. The molecule has 0 saturated carbocycles. The molecule has 1 unspecified atom stereocenters. The third-order valence-electron chi connectivity index (χ3n) is 3.80. The molecule has 0 radical (unpaired) electrons. The summed E-state index contributed by atoms with van der Waals surface area (Å²) in [6.45, 7) is 2.67. The van der Waals surface area contributed by atoms with Gasteiger partial charge in [-0.25, -0.2) is 0 Å². The summed E-state index contributed by atoms with van der Waals surface area (Å²) in [5, 5.41) is 14.6. The lowest BCUT2D eigenvalue weighted by Crippen LogP contribution is -2.33. The van der Waals surface area contributed by atoms with Gasteiger partial charge in [0.05, 0.1) is 11.0 Å². The zero-order chi connectivity index (χ0) is 14.1. The average Bonchev–Trinajstić information content (AvgIpc) is 2.99. The molecule has 1 aromatic rings. The smallest absolute Gasteiger partial charge is 0.296 e. The van der Waals surface area contributed by atoms with Gasteiger partial charge < -0.3 is 19.7 Å². The minimum absolute atomic E-state index is 0.0589. The van der Waals surface area contributed by atoms with Crippen LogP contribution in [0.25, 0.3) is 0 Å². The number of nitro groups is 1. The summed E-state index contributed by atoms with van der Waals surface area (Å²) in [4.78, 5) is 12.9. The SMILES string of the molecule is CN(c1cc2c(cc1[N+](=O)[O-])OCCO2)C1CCNC1. The van der Waals surface area contributed by atoms with E-state index in [1.54, 1.807) is 6.07 Å². The third kappa shape index (κ3) is 2.24. The van der Waals surface area contributed by atoms with E-state index in [2.05, 4.69) is 5.32 Å². The van der Waals surface area contributed by atoms with E-state index in [-0.39, 0.29) is 16.7 Å². The molecule has 7 heteroatoms. The highest BCUT2D eigenvalue weighted by molar-refractivity contribution is 5.70. The molecule has 108 valence electrons. The highest BCUT2D eigenvalue weighted by atomic mass is 16.6. The molecule has 0 amide bonds. The summed E-state index contributed by atoms with van der Waals surface area (Å²) in [5.74, 6) is 1.03. The number of hydrogen-bond acceptors (Lipinski definition) is 6. The number of fused-ring (bicyclic) bond motifs is 1. The molecule has 0 bridgehead atoms. The lowest BCUT2D eigenvalue weighted by molar-refractivity contribution is -0.384. The molecule has 1 aromatic carbocycles. The Morgan fingerprint density at radius 2 is 2.05 bits per heavy atom. The van der Waals surface area contributed by atoms with E-state index in [1.807, 2.05) is 11.9 Å². The summed E-state index contributed by atoms with van der Waals surface area (Å²) in [7, 11) is 1.88. The summed E-state index contributed by atoms with van der Waals surface area (Å²) in [5.41, 5.74) is 0.636. The van der Waals surface area contributed by atoms with Gasteiger partial charge in [0.25, 0.3) is 5.69 Å². The van der Waals surface area contributed by atoms with Crippen LogP contribution in [0.3, 0.4) is 0 Å². The molecule has 2 heterocycles. The summed E-state index contributed by atoms with van der Waals surface area (Å²) in [6, 6.07) is 3.43. The van der Waals surface area contributed by atoms with Gasteiger partial charge >= 0.3 is 0 Å². The fraction of sp³-hybridized carbons (Fsp3) is 0.538. The summed E-state index contributed by atoms with van der Waals surface area (Å²) < 4.78 is 10.9. The van der Waals surface area contributed by atoms with E-state index in [4.69, 9.17) is 9.47 Å². The Labute approximate surface area is 116 Å². The van der Waals surface area contributed by atoms with Crippen molar-refractivity contribution in [3.8, 4) is 11.5 Å². The monoisotopic (exact) mass is 279 g/mol. The molecule has 1 atom stereocenters. The number of anilines is 1. The van der Waals surface area contributed by atoms with Crippen LogP contribution in [0.5, 0.6) is 11.5 Å². The van der Waals surface area contributed by atoms with Crippen LogP contribution in [0, 0.1) is 10.1 Å². The van der Waals surface area contributed by atoms with E-state index >= 15 is 0 Å². The molecule has 0 spiro atoms. The van der Waals surface area contributed by atoms with Crippen molar-refractivity contribution in [3.63, 3.8) is 0 Å². The first kappa shape index (κ1) is 13.0. The number of nitrogens with zero attached hydrogens (tertiary/aromatic N) is 2. The van der Waals surface area contributed by atoms with Crippen molar-refractivity contribution >= 4 is 11.4 Å². The van der Waals surface area contributed by atoms with Crippen LogP contribution in [-0.2, 0) is 0 Å². The van der Waals surface area contributed by atoms with Crippen molar-refractivity contribution in [1.29, 1.82) is 0 Å². The van der Waals surface area contributed by atoms with Crippen molar-refractivity contribution in [2.75, 3.05) is 38.3 Å². The molecule has 2 aliphatic heterocycles. The zero-order valence-electron chi connectivity index (χ0n) is 11.3. The predicted molar refractivity (Wildman–Crippen MR) is 73.8 cm³/mol. The molecule has 20 heavy (non-hydrogen) atoms. The van der Waals surface area contributed by atoms with Crippen LogP contribution in [0.15, 0.2) is 12.1 Å². The topological polar surface area (TPSA) is 76.9 Å². The maximum absolute atomic E-state index is 11.3. The molecule has 1 fully saturated rings. The molecule has 0 aromatic heterocycles. The molecule has 2 aliphatic rings. The Balaban J connectivity index is 2.00. The van der Waals surface area contributed by atoms with Crippen LogP contribution in [0.2, 0.25) is 0 Å². The van der Waals surface area contributed by atoms with E-state index in [1.165, 1.54) is 6.07 Å². The number of nitro benzene ring substituents is 1. The minimum Gasteiger partial charge on any atom is -0.486 e. The number of ether oxygens (including phenoxy) is 2. The van der Waals surface area contributed by atoms with Gasteiger partial charge in [-0.3, -0.25) is 10.1 Å². The van der Waals surface area contributed by atoms with E-state index in [0.717, 1.165) is 19.5 Å². The Morgan fingerprint density at radius 3 is 2.65 bits per heavy atom. The Morgan fingerprint density at radius 1 is 1.35 bits per heavy atom. The first-order chi connectivity index (χ1) is 9.66. The Hall–Kier alpha value is -2.02. The Bertz CT molecular complexity index is 529. The molecule has 1 N–H and O–H groups in total. The normalized spacial score (nSPS) is 20.8. The van der Waals surface area contributed by atoms with Crippen molar-refractivity contribution in [1.82, 2.24) is 5.32 Å². The first-order valence-corrected chi connectivity index (χ1v) is 6.68. The van der Waals surface area contributed by atoms with Gasteiger partial charge in [0.15, 0.2) is 11.5 Å². The van der Waals surface area contributed by atoms with Gasteiger partial charge in [0.1, 0.15) is 18.9 Å². The number of benzene rings is 1. The maximum Gasteiger partial charge on any atom is 0.296 e. The third-order valence-corrected chi connectivity index (χ3v) is 3.80. The molecular weight excluding hydrogens is 262 g/mol. The molecular formula is C13H17N3O4. The van der Waals surface area contributed by atoms with Crippen LogP contribution in [-0.4, -0.2) is 44.3 Å². The number of rotatable bonds is 3. The number of nitrogens with one attached hydrogen (secondary N) is 1. The van der Waals surface area contributed by atoms with Crippen LogP contribution >= 0.6 is 0 Å². The second-order valence-corrected chi connectivity index (χ2v) is 5.00. The summed E-state index contributed by atoms with van der Waals surface area (Å²) >= 11 is 0. The maximum atomic E-state index is 11.3. The zero-order valence-corrected chi connectivity index (χ0v) is 11.3. The first-order valence-electron chi connectivity index (χ1n) is 6.68. The van der Waals surface area contributed by atoms with Crippen LogP contribution in [0.1, 0.15) is 6.42 Å². The molecule has 1 saturated heterocycles. The highest BCUT2D eigenvalue weighted by Gasteiger charge is 2.28. The van der Waals surface area contributed by atoms with E-state index < -0.39 is 0 Å². The van der Waals surface area contributed by atoms with Gasteiger partial charge in [0, 0.05) is 25.7 Å². The lowest BCUT2D eigenvalue weighted by Gasteiger charge is -2.27. The predicted octanol–water partition coefficient (Wildman–Crippen LogP) is 1.16. The molecule has 0 aliphatic carbocycles. The van der Waals surface area contributed by atoms with Gasteiger partial charge in [-0.2, -0.15) is 0 Å². The Kier molecular flexibility index (Phi) is 3.35. The molecule has 3 rings (SSSR count). The van der Waals surface area contributed by atoms with Crippen molar-refractivity contribution in [2.24, 2.45) is 0 Å². The van der Waals surface area contributed by atoms with Crippen molar-refractivity contribution in [2.45, 2.75) is 12.5 Å². The minimum atomic E-state index is -0.369. The fourth-order valence-electron chi connectivity index (χ4n) is 2.66. The second-order valence-electron chi connectivity index (χ2n) is 5.00. The van der Waals surface area contributed by atoms with Gasteiger partial charge in [-0.1, -0.05) is 0 Å². The number of hydrogen-bond donors (Lipinski definition) is 1. The van der Waals surface area contributed by atoms with Gasteiger partial charge in [0.2, 0.25) is 0 Å². The van der Waals surface area contributed by atoms with Crippen LogP contribution in [0.4, 0.5) is 11.4 Å². The van der Waals surface area contributed by atoms with Crippen molar-refractivity contribution < 1.29 is 14.4 Å². The highest BCUT2D eigenvalue weighted by Crippen LogP contribution is 2.41. The van der Waals surface area contributed by atoms with Gasteiger partial charge in [-0.05, 0) is 13.0 Å². The quantitative estimate of drug-likeness (QED) is 0.661. The largest absolute Gasteiger partial charge is 0.486 e. The lowest BCUT2D eigenvalue weighted by atomic mass is 10.1.